The number of hydrazine groups is 1. The lowest BCUT2D eigenvalue weighted by Crippen LogP contribution is -2.32. The third-order valence-corrected chi connectivity index (χ3v) is 4.59. The van der Waals surface area contributed by atoms with Crippen molar-refractivity contribution in [2.45, 2.75) is 6.04 Å². The second kappa shape index (κ2) is 7.36. The second-order valence-electron chi connectivity index (χ2n) is 5.53. The lowest BCUT2D eigenvalue weighted by molar-refractivity contribution is 0.0630. The van der Waals surface area contributed by atoms with Crippen molar-refractivity contribution in [3.05, 3.63) is 77.5 Å². The van der Waals surface area contributed by atoms with E-state index < -0.39 is 0 Å². The Labute approximate surface area is 151 Å². The van der Waals surface area contributed by atoms with Crippen LogP contribution in [0.15, 0.2) is 66.4 Å². The smallest absolute Gasteiger partial charge is 0.145 e. The van der Waals surface area contributed by atoms with E-state index in [0.717, 1.165) is 22.5 Å². The highest BCUT2D eigenvalue weighted by atomic mass is 127. The molecule has 0 aliphatic carbocycles. The quantitative estimate of drug-likeness (QED) is 0.529. The van der Waals surface area contributed by atoms with Gasteiger partial charge in [-0.25, -0.2) is 5.01 Å². The van der Waals surface area contributed by atoms with Crippen LogP contribution in [0.1, 0.15) is 17.2 Å². The molecule has 1 aliphatic rings. The highest BCUT2D eigenvalue weighted by Crippen LogP contribution is 2.42. The van der Waals surface area contributed by atoms with Gasteiger partial charge in [-0.15, -0.1) is 0 Å². The van der Waals surface area contributed by atoms with Crippen LogP contribution >= 0.6 is 22.6 Å². The minimum atomic E-state index is 0.111. The zero-order valence-electron chi connectivity index (χ0n) is 13.4. The molecule has 23 heavy (non-hydrogen) atoms. The molecule has 0 saturated heterocycles. The highest BCUT2D eigenvalue weighted by Gasteiger charge is 2.37. The third-order valence-electron chi connectivity index (χ3n) is 4.15. The number of ether oxygens (including phenoxy) is 1. The van der Waals surface area contributed by atoms with Crippen molar-refractivity contribution in [1.82, 2.24) is 10.0 Å². The normalized spacial score (nSPS) is 18.6. The number of alkyl halides is 1. The van der Waals surface area contributed by atoms with Gasteiger partial charge in [-0.2, -0.15) is 0 Å². The summed E-state index contributed by atoms with van der Waals surface area (Å²) in [5.74, 6) is 1.03. The SMILES string of the molecule is CN1C(c2ccccc2)=C(OCCI)C(c2ccccc2)N1C. The van der Waals surface area contributed by atoms with Crippen LogP contribution in [0.25, 0.3) is 5.70 Å². The van der Waals surface area contributed by atoms with Gasteiger partial charge in [-0.1, -0.05) is 83.3 Å². The molecule has 0 aromatic heterocycles. The van der Waals surface area contributed by atoms with Crippen molar-refractivity contribution >= 4 is 28.3 Å². The molecule has 0 fully saturated rings. The van der Waals surface area contributed by atoms with Crippen LogP contribution in [-0.4, -0.2) is 35.1 Å². The summed E-state index contributed by atoms with van der Waals surface area (Å²) in [7, 11) is 4.21. The Morgan fingerprint density at radius 2 is 1.57 bits per heavy atom. The predicted octanol–water partition coefficient (Wildman–Crippen LogP) is 4.34. The maximum atomic E-state index is 6.22. The summed E-state index contributed by atoms with van der Waals surface area (Å²) in [4.78, 5) is 0. The molecule has 1 aliphatic heterocycles. The lowest BCUT2D eigenvalue weighted by Gasteiger charge is -2.28. The van der Waals surface area contributed by atoms with E-state index in [1.54, 1.807) is 0 Å². The monoisotopic (exact) mass is 420 g/mol. The summed E-state index contributed by atoms with van der Waals surface area (Å²) < 4.78 is 7.19. The maximum Gasteiger partial charge on any atom is 0.145 e. The van der Waals surface area contributed by atoms with Crippen LogP contribution in [-0.2, 0) is 4.74 Å². The minimum Gasteiger partial charge on any atom is -0.493 e. The van der Waals surface area contributed by atoms with Crippen LogP contribution in [0.2, 0.25) is 0 Å². The van der Waals surface area contributed by atoms with Crippen molar-refractivity contribution in [3.8, 4) is 0 Å². The fraction of sp³-hybridized carbons (Fsp3) is 0.263. The van der Waals surface area contributed by atoms with Crippen LogP contribution < -0.4 is 0 Å². The van der Waals surface area contributed by atoms with Crippen molar-refractivity contribution in [2.24, 2.45) is 0 Å². The molecule has 120 valence electrons. The lowest BCUT2D eigenvalue weighted by atomic mass is 10.0. The number of benzene rings is 2. The average molecular weight is 420 g/mol. The molecule has 0 bridgehead atoms. The summed E-state index contributed by atoms with van der Waals surface area (Å²) in [6.45, 7) is 0.719. The van der Waals surface area contributed by atoms with Gasteiger partial charge in [0.2, 0.25) is 0 Å². The Kier molecular flexibility index (Phi) is 5.23. The molecule has 1 atom stereocenters. The van der Waals surface area contributed by atoms with Gasteiger partial charge in [0.05, 0.1) is 12.3 Å². The fourth-order valence-corrected chi connectivity index (χ4v) is 3.23. The molecular formula is C19H21IN2O. The molecule has 2 aromatic carbocycles. The number of halogens is 1. The van der Waals surface area contributed by atoms with Gasteiger partial charge in [-0.05, 0) is 5.56 Å². The van der Waals surface area contributed by atoms with E-state index in [9.17, 15) is 0 Å². The van der Waals surface area contributed by atoms with E-state index in [1.807, 2.05) is 6.07 Å². The van der Waals surface area contributed by atoms with Crippen LogP contribution in [0.3, 0.4) is 0 Å². The van der Waals surface area contributed by atoms with Crippen molar-refractivity contribution in [1.29, 1.82) is 0 Å². The van der Waals surface area contributed by atoms with Gasteiger partial charge >= 0.3 is 0 Å². The number of nitrogens with zero attached hydrogens (tertiary/aromatic N) is 2. The van der Waals surface area contributed by atoms with Gasteiger partial charge < -0.3 is 9.75 Å². The summed E-state index contributed by atoms with van der Waals surface area (Å²) in [6, 6.07) is 21.1. The molecule has 4 heteroatoms. The molecule has 3 nitrogen and oxygen atoms in total. The zero-order valence-corrected chi connectivity index (χ0v) is 15.6. The highest BCUT2D eigenvalue weighted by molar-refractivity contribution is 14.1. The Morgan fingerprint density at radius 1 is 0.957 bits per heavy atom. The summed E-state index contributed by atoms with van der Waals surface area (Å²) in [5.41, 5.74) is 3.58. The van der Waals surface area contributed by atoms with Crippen LogP contribution in [0.4, 0.5) is 0 Å². The first-order valence-electron chi connectivity index (χ1n) is 7.74. The van der Waals surface area contributed by atoms with Gasteiger partial charge in [0.15, 0.2) is 0 Å². The van der Waals surface area contributed by atoms with Crippen molar-refractivity contribution < 1.29 is 4.74 Å². The molecule has 0 saturated carbocycles. The second-order valence-corrected chi connectivity index (χ2v) is 6.61. The molecular weight excluding hydrogens is 399 g/mol. The van der Waals surface area contributed by atoms with E-state index in [2.05, 4.69) is 101 Å². The molecule has 0 spiro atoms. The molecule has 0 N–H and O–H groups in total. The Hall–Kier alpha value is -1.53. The molecule has 3 rings (SSSR count). The summed E-state index contributed by atoms with van der Waals surface area (Å²) in [6.07, 6.45) is 0. The van der Waals surface area contributed by atoms with Gasteiger partial charge in [-0.3, -0.25) is 0 Å². The fourth-order valence-electron chi connectivity index (χ4n) is 3.01. The standard InChI is InChI=1S/C19H21IN2O/c1-21-17(15-9-5-3-6-10-15)19(23-14-13-20)18(22(21)2)16-11-7-4-8-12-16/h3-12,17H,13-14H2,1-2H3. The van der Waals surface area contributed by atoms with E-state index >= 15 is 0 Å². The van der Waals surface area contributed by atoms with E-state index in [4.69, 9.17) is 4.74 Å². The number of hydrogen-bond acceptors (Lipinski definition) is 3. The van der Waals surface area contributed by atoms with Crippen LogP contribution in [0.5, 0.6) is 0 Å². The summed E-state index contributed by atoms with van der Waals surface area (Å²) in [5, 5.41) is 4.43. The van der Waals surface area contributed by atoms with Crippen molar-refractivity contribution in [2.75, 3.05) is 25.1 Å². The van der Waals surface area contributed by atoms with E-state index in [-0.39, 0.29) is 6.04 Å². The van der Waals surface area contributed by atoms with Gasteiger partial charge in [0.1, 0.15) is 11.8 Å². The molecule has 0 amide bonds. The van der Waals surface area contributed by atoms with Gasteiger partial charge in [0.25, 0.3) is 0 Å². The third kappa shape index (κ3) is 3.23. The molecule has 1 heterocycles. The Bertz CT molecular complexity index is 672. The number of rotatable bonds is 5. The zero-order chi connectivity index (χ0) is 16.2. The minimum absolute atomic E-state index is 0.111. The van der Waals surface area contributed by atoms with Gasteiger partial charge in [0, 0.05) is 24.1 Å². The average Bonchev–Trinajstić information content (AvgIpc) is 2.85. The van der Waals surface area contributed by atoms with Crippen LogP contribution in [0, 0.1) is 0 Å². The number of likely N-dealkylation sites (N-methyl/N-ethyl adjacent to an activating group) is 1. The van der Waals surface area contributed by atoms with Crippen molar-refractivity contribution in [3.63, 3.8) is 0 Å². The first-order chi connectivity index (χ1) is 11.2. The topological polar surface area (TPSA) is 15.7 Å². The molecule has 0 radical (unpaired) electrons. The predicted molar refractivity (Wildman–Crippen MR) is 103 cm³/mol. The largest absolute Gasteiger partial charge is 0.493 e. The first-order valence-corrected chi connectivity index (χ1v) is 9.26. The van der Waals surface area contributed by atoms with E-state index in [1.165, 1.54) is 11.1 Å². The number of hydrogen-bond donors (Lipinski definition) is 0. The first kappa shape index (κ1) is 16.3. The molecule has 1 unspecified atom stereocenters. The molecule has 2 aromatic rings. The Morgan fingerprint density at radius 3 is 2.17 bits per heavy atom. The van der Waals surface area contributed by atoms with E-state index in [0.29, 0.717) is 0 Å². The summed E-state index contributed by atoms with van der Waals surface area (Å²) >= 11 is 2.35. The Balaban J connectivity index is 2.10. The maximum absolute atomic E-state index is 6.22.